The van der Waals surface area contributed by atoms with Gasteiger partial charge in [-0.3, -0.25) is 9.59 Å². The monoisotopic (exact) mass is 319 g/mol. The second-order valence-corrected chi connectivity index (χ2v) is 5.36. The Labute approximate surface area is 140 Å². The summed E-state index contributed by atoms with van der Waals surface area (Å²) in [6.45, 7) is 0.0404. The molecule has 0 atom stereocenters. The summed E-state index contributed by atoms with van der Waals surface area (Å²) in [5.74, 6) is -0.754. The zero-order valence-electron chi connectivity index (χ0n) is 13.1. The lowest BCUT2D eigenvalue weighted by Crippen LogP contribution is -2.30. The van der Waals surface area contributed by atoms with Crippen molar-refractivity contribution in [3.63, 3.8) is 0 Å². The van der Waals surface area contributed by atoms with E-state index in [1.165, 1.54) is 0 Å². The molecular formula is C20H17NO3. The Balaban J connectivity index is 1.58. The summed E-state index contributed by atoms with van der Waals surface area (Å²) in [5, 5.41) is 4.45. The lowest BCUT2D eigenvalue weighted by Gasteiger charge is -2.08. The first-order chi connectivity index (χ1) is 11.7. The summed E-state index contributed by atoms with van der Waals surface area (Å²) in [6, 6.07) is 22.6. The maximum Gasteiger partial charge on any atom is 0.325 e. The Morgan fingerprint density at radius 3 is 2.38 bits per heavy atom. The van der Waals surface area contributed by atoms with Crippen LogP contribution >= 0.6 is 0 Å². The number of carbonyl (C=O) groups excluding carboxylic acids is 2. The molecule has 4 nitrogen and oxygen atoms in total. The molecule has 0 spiro atoms. The van der Waals surface area contributed by atoms with Crippen LogP contribution < -0.4 is 5.32 Å². The molecule has 0 saturated heterocycles. The van der Waals surface area contributed by atoms with Crippen molar-refractivity contribution in [1.82, 2.24) is 5.32 Å². The van der Waals surface area contributed by atoms with Crippen molar-refractivity contribution in [2.45, 2.75) is 6.61 Å². The van der Waals surface area contributed by atoms with Crippen LogP contribution in [0, 0.1) is 0 Å². The molecule has 3 aromatic carbocycles. The quantitative estimate of drug-likeness (QED) is 0.734. The van der Waals surface area contributed by atoms with Crippen molar-refractivity contribution in [2.24, 2.45) is 0 Å². The Morgan fingerprint density at radius 1 is 0.833 bits per heavy atom. The highest BCUT2D eigenvalue weighted by Crippen LogP contribution is 2.18. The van der Waals surface area contributed by atoms with Crippen LogP contribution in [0.3, 0.4) is 0 Å². The zero-order chi connectivity index (χ0) is 16.8. The van der Waals surface area contributed by atoms with Crippen LogP contribution in [0.15, 0.2) is 72.8 Å². The molecule has 0 aliphatic carbocycles. The van der Waals surface area contributed by atoms with E-state index in [-0.39, 0.29) is 19.1 Å². The number of rotatable bonds is 5. The molecular weight excluding hydrogens is 302 g/mol. The molecule has 1 amide bonds. The number of nitrogens with one attached hydrogen (secondary N) is 1. The predicted octanol–water partition coefficient (Wildman–Crippen LogP) is 3.31. The van der Waals surface area contributed by atoms with E-state index in [0.29, 0.717) is 5.56 Å². The summed E-state index contributed by atoms with van der Waals surface area (Å²) < 4.78 is 5.15. The van der Waals surface area contributed by atoms with Crippen LogP contribution in [-0.4, -0.2) is 18.4 Å². The van der Waals surface area contributed by atoms with Gasteiger partial charge in [0.1, 0.15) is 13.2 Å². The molecule has 24 heavy (non-hydrogen) atoms. The number of amides is 1. The number of fused-ring (bicyclic) bond motifs is 1. The van der Waals surface area contributed by atoms with Gasteiger partial charge in [-0.05, 0) is 22.4 Å². The molecule has 0 aliphatic heterocycles. The van der Waals surface area contributed by atoms with Crippen molar-refractivity contribution in [3.8, 4) is 0 Å². The zero-order valence-corrected chi connectivity index (χ0v) is 13.1. The molecule has 0 saturated carbocycles. The minimum atomic E-state index is -0.465. The highest BCUT2D eigenvalue weighted by molar-refractivity contribution is 6.07. The molecule has 1 N–H and O–H groups in total. The van der Waals surface area contributed by atoms with Gasteiger partial charge in [-0.2, -0.15) is 0 Å². The summed E-state index contributed by atoms with van der Waals surface area (Å²) in [4.78, 5) is 24.1. The lowest BCUT2D eigenvalue weighted by molar-refractivity contribution is -0.143. The van der Waals surface area contributed by atoms with Gasteiger partial charge in [0.05, 0.1) is 0 Å². The van der Waals surface area contributed by atoms with Gasteiger partial charge in [-0.15, -0.1) is 0 Å². The molecule has 0 unspecified atom stereocenters. The normalized spacial score (nSPS) is 10.3. The van der Waals surface area contributed by atoms with Crippen molar-refractivity contribution in [3.05, 3.63) is 83.9 Å². The standard InChI is InChI=1S/C20H17NO3/c22-19(24-14-15-7-2-1-3-8-15)13-21-20(23)18-12-6-10-16-9-4-5-11-17(16)18/h1-12H,13-14H2,(H,21,23). The van der Waals surface area contributed by atoms with Crippen molar-refractivity contribution >= 4 is 22.6 Å². The van der Waals surface area contributed by atoms with E-state index >= 15 is 0 Å². The molecule has 0 bridgehead atoms. The van der Waals surface area contributed by atoms with Gasteiger partial charge < -0.3 is 10.1 Å². The van der Waals surface area contributed by atoms with Crippen molar-refractivity contribution < 1.29 is 14.3 Å². The molecule has 3 rings (SSSR count). The van der Waals surface area contributed by atoms with E-state index < -0.39 is 5.97 Å². The maximum atomic E-state index is 12.3. The minimum Gasteiger partial charge on any atom is -0.460 e. The van der Waals surface area contributed by atoms with E-state index in [0.717, 1.165) is 16.3 Å². The van der Waals surface area contributed by atoms with Crippen LogP contribution in [0.4, 0.5) is 0 Å². The van der Waals surface area contributed by atoms with Crippen LogP contribution in [-0.2, 0) is 16.1 Å². The molecule has 4 heteroatoms. The van der Waals surface area contributed by atoms with Crippen molar-refractivity contribution in [2.75, 3.05) is 6.54 Å². The molecule has 0 heterocycles. The third kappa shape index (κ3) is 3.79. The number of benzene rings is 3. The number of ether oxygens (including phenoxy) is 1. The van der Waals surface area contributed by atoms with Crippen LogP contribution in [0.1, 0.15) is 15.9 Å². The average Bonchev–Trinajstić information content (AvgIpc) is 2.64. The van der Waals surface area contributed by atoms with E-state index in [4.69, 9.17) is 4.74 Å². The largest absolute Gasteiger partial charge is 0.460 e. The Bertz CT molecular complexity index is 854. The predicted molar refractivity (Wildman–Crippen MR) is 92.5 cm³/mol. The second-order valence-electron chi connectivity index (χ2n) is 5.36. The van der Waals surface area contributed by atoms with Crippen LogP contribution in [0.25, 0.3) is 10.8 Å². The third-order valence-electron chi connectivity index (χ3n) is 3.67. The summed E-state index contributed by atoms with van der Waals surface area (Å²) in [5.41, 5.74) is 1.45. The molecule has 0 aliphatic rings. The smallest absolute Gasteiger partial charge is 0.325 e. The molecule has 3 aromatic rings. The van der Waals surface area contributed by atoms with Crippen LogP contribution in [0.5, 0.6) is 0 Å². The number of hydrogen-bond acceptors (Lipinski definition) is 3. The van der Waals surface area contributed by atoms with Gasteiger partial charge >= 0.3 is 5.97 Å². The fourth-order valence-electron chi connectivity index (χ4n) is 2.46. The van der Waals surface area contributed by atoms with Crippen molar-refractivity contribution in [1.29, 1.82) is 0 Å². The fourth-order valence-corrected chi connectivity index (χ4v) is 2.46. The highest BCUT2D eigenvalue weighted by Gasteiger charge is 2.11. The van der Waals surface area contributed by atoms with Crippen LogP contribution in [0.2, 0.25) is 0 Å². The van der Waals surface area contributed by atoms with Gasteiger partial charge in [0, 0.05) is 5.56 Å². The van der Waals surface area contributed by atoms with Gasteiger partial charge in [0.15, 0.2) is 0 Å². The Morgan fingerprint density at radius 2 is 1.54 bits per heavy atom. The maximum absolute atomic E-state index is 12.3. The number of hydrogen-bond donors (Lipinski definition) is 1. The third-order valence-corrected chi connectivity index (χ3v) is 3.67. The number of carbonyl (C=O) groups is 2. The highest BCUT2D eigenvalue weighted by atomic mass is 16.5. The van der Waals surface area contributed by atoms with E-state index in [1.807, 2.05) is 66.7 Å². The molecule has 0 fully saturated rings. The molecule has 0 aromatic heterocycles. The van der Waals surface area contributed by atoms with Gasteiger partial charge in [-0.1, -0.05) is 66.7 Å². The first kappa shape index (κ1) is 15.7. The molecule has 0 radical (unpaired) electrons. The summed E-state index contributed by atoms with van der Waals surface area (Å²) in [6.07, 6.45) is 0. The molecule has 120 valence electrons. The summed E-state index contributed by atoms with van der Waals surface area (Å²) in [7, 11) is 0. The number of esters is 1. The van der Waals surface area contributed by atoms with E-state index in [9.17, 15) is 9.59 Å². The van der Waals surface area contributed by atoms with Gasteiger partial charge in [0.25, 0.3) is 5.91 Å². The minimum absolute atomic E-state index is 0.158. The average molecular weight is 319 g/mol. The summed E-state index contributed by atoms with van der Waals surface area (Å²) >= 11 is 0. The van der Waals surface area contributed by atoms with E-state index in [1.54, 1.807) is 6.07 Å². The Kier molecular flexibility index (Phi) is 4.87. The second kappa shape index (κ2) is 7.42. The van der Waals surface area contributed by atoms with E-state index in [2.05, 4.69) is 5.32 Å². The SMILES string of the molecule is O=C(CNC(=O)c1cccc2ccccc12)OCc1ccccc1. The first-order valence-electron chi connectivity index (χ1n) is 7.69. The Hall–Kier alpha value is -3.14. The topological polar surface area (TPSA) is 55.4 Å². The van der Waals surface area contributed by atoms with Gasteiger partial charge in [-0.25, -0.2) is 0 Å². The first-order valence-corrected chi connectivity index (χ1v) is 7.69. The lowest BCUT2D eigenvalue weighted by atomic mass is 10.0. The van der Waals surface area contributed by atoms with Gasteiger partial charge in [0.2, 0.25) is 0 Å². The fraction of sp³-hybridized carbons (Fsp3) is 0.100.